The van der Waals surface area contributed by atoms with Crippen molar-refractivity contribution in [3.63, 3.8) is 0 Å². The second kappa shape index (κ2) is 4.61. The number of pyridine rings is 1. The quantitative estimate of drug-likeness (QED) is 0.599. The minimum Gasteiger partial charge on any atom is -0.204 e. The Morgan fingerprint density at radius 3 is 2.39 bits per heavy atom. The third kappa shape index (κ3) is 2.00. The van der Waals surface area contributed by atoms with Gasteiger partial charge in [-0.3, -0.25) is 0 Å². The number of aryl methyl sites for hydroxylation is 1. The Labute approximate surface area is 107 Å². The standard InChI is InChI=1S/C17H16N/c1-18-12-11-15-9-5-6-10-16(15)17(18)13-14-7-3-2-4-8-14/h2-12H,13H2,1H3/q+1. The van der Waals surface area contributed by atoms with Crippen LogP contribution in [0.2, 0.25) is 0 Å². The molecule has 0 unspecified atom stereocenters. The summed E-state index contributed by atoms with van der Waals surface area (Å²) in [6.07, 6.45) is 3.11. The van der Waals surface area contributed by atoms with Crippen molar-refractivity contribution in [1.29, 1.82) is 0 Å². The number of benzene rings is 2. The molecule has 2 aromatic carbocycles. The Hall–Kier alpha value is -2.15. The maximum absolute atomic E-state index is 2.22. The van der Waals surface area contributed by atoms with E-state index < -0.39 is 0 Å². The highest BCUT2D eigenvalue weighted by molar-refractivity contribution is 5.83. The van der Waals surface area contributed by atoms with Crippen molar-refractivity contribution >= 4 is 10.8 Å². The molecule has 0 bridgehead atoms. The summed E-state index contributed by atoms with van der Waals surface area (Å²) in [5, 5.41) is 2.65. The van der Waals surface area contributed by atoms with Gasteiger partial charge in [0, 0.05) is 11.5 Å². The third-order valence-corrected chi connectivity index (χ3v) is 3.39. The lowest BCUT2D eigenvalue weighted by Gasteiger charge is -2.05. The number of hydrogen-bond acceptors (Lipinski definition) is 0. The van der Waals surface area contributed by atoms with Gasteiger partial charge in [0.25, 0.3) is 0 Å². The van der Waals surface area contributed by atoms with Crippen molar-refractivity contribution in [2.24, 2.45) is 7.05 Å². The van der Waals surface area contributed by atoms with Crippen molar-refractivity contribution in [2.45, 2.75) is 6.42 Å². The number of rotatable bonds is 2. The van der Waals surface area contributed by atoms with E-state index in [4.69, 9.17) is 0 Å². The van der Waals surface area contributed by atoms with Crippen LogP contribution in [0.25, 0.3) is 10.8 Å². The van der Waals surface area contributed by atoms with Crippen LogP contribution in [0.15, 0.2) is 66.9 Å². The highest BCUT2D eigenvalue weighted by atomic mass is 14.9. The molecule has 0 amide bonds. The van der Waals surface area contributed by atoms with Crippen LogP contribution in [-0.4, -0.2) is 0 Å². The molecule has 1 nitrogen and oxygen atoms in total. The monoisotopic (exact) mass is 234 g/mol. The normalized spacial score (nSPS) is 10.7. The summed E-state index contributed by atoms with van der Waals surface area (Å²) >= 11 is 0. The molecule has 0 aliphatic heterocycles. The van der Waals surface area contributed by atoms with E-state index in [1.165, 1.54) is 22.0 Å². The largest absolute Gasteiger partial charge is 0.204 e. The van der Waals surface area contributed by atoms with Crippen LogP contribution in [0, 0.1) is 0 Å². The Kier molecular flexibility index (Phi) is 2.81. The van der Waals surface area contributed by atoms with Gasteiger partial charge in [-0.25, -0.2) is 4.57 Å². The fourth-order valence-corrected chi connectivity index (χ4v) is 2.39. The second-order valence-electron chi connectivity index (χ2n) is 4.62. The number of hydrogen-bond donors (Lipinski definition) is 0. The van der Waals surface area contributed by atoms with Gasteiger partial charge in [-0.15, -0.1) is 0 Å². The van der Waals surface area contributed by atoms with Gasteiger partial charge >= 0.3 is 0 Å². The van der Waals surface area contributed by atoms with Crippen LogP contribution in [-0.2, 0) is 13.5 Å². The Morgan fingerprint density at radius 2 is 1.56 bits per heavy atom. The van der Waals surface area contributed by atoms with Gasteiger partial charge in [-0.1, -0.05) is 48.5 Å². The van der Waals surface area contributed by atoms with Gasteiger partial charge in [0.1, 0.15) is 7.05 Å². The fourth-order valence-electron chi connectivity index (χ4n) is 2.39. The molecule has 0 N–H and O–H groups in total. The molecule has 1 heterocycles. The van der Waals surface area contributed by atoms with Crippen LogP contribution in [0.1, 0.15) is 11.3 Å². The van der Waals surface area contributed by atoms with Crippen LogP contribution < -0.4 is 4.57 Å². The first-order valence-electron chi connectivity index (χ1n) is 6.25. The predicted octanol–water partition coefficient (Wildman–Crippen LogP) is 3.26. The van der Waals surface area contributed by atoms with Crippen LogP contribution in [0.5, 0.6) is 0 Å². The first kappa shape index (κ1) is 11.0. The lowest BCUT2D eigenvalue weighted by molar-refractivity contribution is -0.677. The van der Waals surface area contributed by atoms with Crippen LogP contribution in [0.4, 0.5) is 0 Å². The molecule has 0 aliphatic carbocycles. The van der Waals surface area contributed by atoms with Gasteiger partial charge in [0.15, 0.2) is 11.9 Å². The highest BCUT2D eigenvalue weighted by Gasteiger charge is 2.12. The lowest BCUT2D eigenvalue weighted by Crippen LogP contribution is -2.33. The lowest BCUT2D eigenvalue weighted by atomic mass is 10.0. The molecule has 0 spiro atoms. The van der Waals surface area contributed by atoms with Crippen molar-refractivity contribution in [3.05, 3.63) is 78.1 Å². The Bertz CT molecular complexity index is 672. The van der Waals surface area contributed by atoms with Crippen molar-refractivity contribution in [3.8, 4) is 0 Å². The number of fused-ring (bicyclic) bond motifs is 1. The zero-order valence-electron chi connectivity index (χ0n) is 10.5. The van der Waals surface area contributed by atoms with E-state index in [0.717, 1.165) is 6.42 Å². The van der Waals surface area contributed by atoms with E-state index in [1.54, 1.807) is 0 Å². The minimum absolute atomic E-state index is 0.971. The van der Waals surface area contributed by atoms with Crippen molar-refractivity contribution in [2.75, 3.05) is 0 Å². The van der Waals surface area contributed by atoms with Crippen LogP contribution >= 0.6 is 0 Å². The fraction of sp³-hybridized carbons (Fsp3) is 0.118. The molecule has 88 valence electrons. The molecule has 0 saturated heterocycles. The number of nitrogens with zero attached hydrogens (tertiary/aromatic N) is 1. The second-order valence-corrected chi connectivity index (χ2v) is 4.62. The Morgan fingerprint density at radius 1 is 0.833 bits per heavy atom. The van der Waals surface area contributed by atoms with Crippen molar-refractivity contribution in [1.82, 2.24) is 0 Å². The van der Waals surface area contributed by atoms with Gasteiger partial charge in [0.2, 0.25) is 0 Å². The smallest absolute Gasteiger partial charge is 0.193 e. The molecule has 0 atom stereocenters. The maximum Gasteiger partial charge on any atom is 0.193 e. The first-order valence-corrected chi connectivity index (χ1v) is 6.25. The molecular formula is C17H16N+. The third-order valence-electron chi connectivity index (χ3n) is 3.39. The summed E-state index contributed by atoms with van der Waals surface area (Å²) in [7, 11) is 2.12. The van der Waals surface area contributed by atoms with E-state index in [2.05, 4.69) is 78.5 Å². The highest BCUT2D eigenvalue weighted by Crippen LogP contribution is 2.17. The molecule has 0 radical (unpaired) electrons. The molecular weight excluding hydrogens is 218 g/mol. The molecule has 1 aromatic heterocycles. The van der Waals surface area contributed by atoms with E-state index in [9.17, 15) is 0 Å². The van der Waals surface area contributed by atoms with Gasteiger partial charge in [-0.05, 0) is 17.0 Å². The molecule has 0 saturated carbocycles. The molecule has 3 aromatic rings. The average molecular weight is 234 g/mol. The molecule has 18 heavy (non-hydrogen) atoms. The average Bonchev–Trinajstić information content (AvgIpc) is 2.43. The van der Waals surface area contributed by atoms with E-state index in [-0.39, 0.29) is 0 Å². The zero-order valence-corrected chi connectivity index (χ0v) is 10.5. The summed E-state index contributed by atoms with van der Waals surface area (Å²) in [5.74, 6) is 0. The zero-order chi connectivity index (χ0) is 12.4. The minimum atomic E-state index is 0.971. The first-order chi connectivity index (χ1) is 8.84. The summed E-state index contributed by atoms with van der Waals surface area (Å²) < 4.78 is 2.22. The molecule has 0 aliphatic rings. The summed E-state index contributed by atoms with van der Waals surface area (Å²) in [4.78, 5) is 0. The molecule has 3 rings (SSSR count). The summed E-state index contributed by atoms with van der Waals surface area (Å²) in [5.41, 5.74) is 2.71. The predicted molar refractivity (Wildman–Crippen MR) is 74.4 cm³/mol. The molecule has 1 heteroatoms. The summed E-state index contributed by atoms with van der Waals surface area (Å²) in [6.45, 7) is 0. The van der Waals surface area contributed by atoms with Gasteiger partial charge < -0.3 is 0 Å². The molecule has 0 fully saturated rings. The number of aromatic nitrogens is 1. The topological polar surface area (TPSA) is 3.88 Å². The summed E-state index contributed by atoms with van der Waals surface area (Å²) in [6, 6.07) is 21.4. The van der Waals surface area contributed by atoms with Crippen LogP contribution in [0.3, 0.4) is 0 Å². The van der Waals surface area contributed by atoms with E-state index in [0.29, 0.717) is 0 Å². The Balaban J connectivity index is 2.13. The van der Waals surface area contributed by atoms with Gasteiger partial charge in [-0.2, -0.15) is 0 Å². The SMILES string of the molecule is C[n+]1ccc2ccccc2c1Cc1ccccc1. The van der Waals surface area contributed by atoms with E-state index >= 15 is 0 Å². The van der Waals surface area contributed by atoms with Gasteiger partial charge in [0.05, 0.1) is 6.42 Å². The van der Waals surface area contributed by atoms with E-state index in [1.807, 2.05) is 0 Å². The van der Waals surface area contributed by atoms with Crippen molar-refractivity contribution < 1.29 is 4.57 Å². The maximum atomic E-state index is 2.22.